The largest absolute Gasteiger partial charge is 0.469 e. The summed E-state index contributed by atoms with van der Waals surface area (Å²) in [5.74, 6) is -1.44. The molecule has 0 fully saturated rings. The number of benzene rings is 1. The normalized spacial score (nSPS) is 12.8. The third kappa shape index (κ3) is 4.93. The van der Waals surface area contributed by atoms with Crippen molar-refractivity contribution in [1.82, 2.24) is 4.98 Å². The molecule has 1 heterocycles. The summed E-state index contributed by atoms with van der Waals surface area (Å²) in [7, 11) is 1.28. The molecule has 1 aromatic heterocycles. The first-order valence-corrected chi connectivity index (χ1v) is 8.77. The second-order valence-electron chi connectivity index (χ2n) is 6.24. The van der Waals surface area contributed by atoms with Crippen LogP contribution in [0.15, 0.2) is 30.5 Å². The standard InChI is InChI=1S/C19H22N2O7/c1-4-12(2)14(19(23)26-3)10-17(22)28-11-27-16-8-7-15(21(24)25)13-6-5-9-20-18(13)16/h5-9,12,14H,4,10-11H2,1-3H3. The lowest BCUT2D eigenvalue weighted by molar-refractivity contribution is -0.383. The summed E-state index contributed by atoms with van der Waals surface area (Å²) >= 11 is 0. The maximum atomic E-state index is 12.1. The van der Waals surface area contributed by atoms with E-state index in [0.29, 0.717) is 17.3 Å². The first kappa shape index (κ1) is 21.1. The van der Waals surface area contributed by atoms with Crippen molar-refractivity contribution >= 4 is 28.5 Å². The molecule has 0 amide bonds. The van der Waals surface area contributed by atoms with Crippen molar-refractivity contribution < 1.29 is 28.7 Å². The number of nitro benzene ring substituents is 1. The number of ether oxygens (including phenoxy) is 3. The van der Waals surface area contributed by atoms with Crippen molar-refractivity contribution in [2.45, 2.75) is 26.7 Å². The smallest absolute Gasteiger partial charge is 0.309 e. The maximum absolute atomic E-state index is 12.1. The Kier molecular flexibility index (Phi) is 7.25. The molecule has 0 bridgehead atoms. The lowest BCUT2D eigenvalue weighted by Crippen LogP contribution is -2.27. The monoisotopic (exact) mass is 390 g/mol. The molecule has 0 spiro atoms. The number of nitrogens with zero attached hydrogens (tertiary/aromatic N) is 2. The molecular formula is C19H22N2O7. The summed E-state index contributed by atoms with van der Waals surface area (Å²) in [6.45, 7) is 3.37. The summed E-state index contributed by atoms with van der Waals surface area (Å²) in [4.78, 5) is 38.7. The fraction of sp³-hybridized carbons (Fsp3) is 0.421. The van der Waals surface area contributed by atoms with Gasteiger partial charge in [-0.1, -0.05) is 20.3 Å². The fourth-order valence-corrected chi connectivity index (χ4v) is 2.76. The molecule has 2 unspecified atom stereocenters. The molecule has 9 heteroatoms. The number of pyridine rings is 1. The van der Waals surface area contributed by atoms with Gasteiger partial charge in [0.05, 0.1) is 29.8 Å². The molecule has 0 saturated heterocycles. The number of carbonyl (C=O) groups is 2. The quantitative estimate of drug-likeness (QED) is 0.277. The molecule has 0 saturated carbocycles. The minimum absolute atomic E-state index is 0.0382. The molecule has 9 nitrogen and oxygen atoms in total. The van der Waals surface area contributed by atoms with Crippen molar-refractivity contribution in [3.05, 3.63) is 40.6 Å². The molecule has 2 atom stereocenters. The van der Waals surface area contributed by atoms with Gasteiger partial charge in [0.25, 0.3) is 5.69 Å². The summed E-state index contributed by atoms with van der Waals surface area (Å²) in [6.07, 6.45) is 2.08. The predicted octanol–water partition coefficient (Wildman–Crippen LogP) is 3.25. The van der Waals surface area contributed by atoms with E-state index >= 15 is 0 Å². The van der Waals surface area contributed by atoms with Crippen LogP contribution in [-0.4, -0.2) is 35.7 Å². The highest BCUT2D eigenvalue weighted by Gasteiger charge is 2.28. The summed E-state index contributed by atoms with van der Waals surface area (Å²) < 4.78 is 15.2. The molecule has 0 aliphatic heterocycles. The Morgan fingerprint density at radius 1 is 1.29 bits per heavy atom. The molecule has 28 heavy (non-hydrogen) atoms. The van der Waals surface area contributed by atoms with Crippen molar-refractivity contribution in [1.29, 1.82) is 0 Å². The summed E-state index contributed by atoms with van der Waals surface area (Å²) in [6, 6.07) is 5.85. The predicted molar refractivity (Wildman–Crippen MR) is 99.6 cm³/mol. The Labute approximate surface area is 161 Å². The number of rotatable bonds is 9. The van der Waals surface area contributed by atoms with Gasteiger partial charge in [0.1, 0.15) is 11.3 Å². The van der Waals surface area contributed by atoms with Gasteiger partial charge in [-0.25, -0.2) is 0 Å². The molecule has 0 N–H and O–H groups in total. The lowest BCUT2D eigenvalue weighted by Gasteiger charge is -2.19. The number of non-ortho nitro benzene ring substituents is 1. The molecule has 0 aliphatic carbocycles. The maximum Gasteiger partial charge on any atom is 0.309 e. The van der Waals surface area contributed by atoms with E-state index in [4.69, 9.17) is 14.2 Å². The zero-order chi connectivity index (χ0) is 20.7. The Morgan fingerprint density at radius 2 is 2.04 bits per heavy atom. The topological polar surface area (TPSA) is 118 Å². The van der Waals surface area contributed by atoms with Crippen LogP contribution in [0.25, 0.3) is 10.9 Å². The van der Waals surface area contributed by atoms with Gasteiger partial charge >= 0.3 is 11.9 Å². The van der Waals surface area contributed by atoms with Crippen molar-refractivity contribution in [2.24, 2.45) is 11.8 Å². The molecular weight excluding hydrogens is 368 g/mol. The Morgan fingerprint density at radius 3 is 2.68 bits per heavy atom. The van der Waals surface area contributed by atoms with E-state index in [1.54, 1.807) is 12.1 Å². The zero-order valence-corrected chi connectivity index (χ0v) is 15.9. The SMILES string of the molecule is CCC(C)C(CC(=O)OCOc1ccc([N+](=O)[O-])c2cccnc12)C(=O)OC. The highest BCUT2D eigenvalue weighted by atomic mass is 16.7. The van der Waals surface area contributed by atoms with E-state index < -0.39 is 29.6 Å². The van der Waals surface area contributed by atoms with E-state index in [0.717, 1.165) is 0 Å². The molecule has 150 valence electrons. The van der Waals surface area contributed by atoms with Crippen LogP contribution in [0.3, 0.4) is 0 Å². The minimum Gasteiger partial charge on any atom is -0.469 e. The van der Waals surface area contributed by atoms with Crippen LogP contribution in [-0.2, 0) is 19.1 Å². The van der Waals surface area contributed by atoms with Crippen LogP contribution in [0.2, 0.25) is 0 Å². The summed E-state index contributed by atoms with van der Waals surface area (Å²) in [5.41, 5.74) is 0.196. The lowest BCUT2D eigenvalue weighted by atomic mass is 9.89. The Balaban J connectivity index is 2.03. The molecule has 0 aliphatic rings. The first-order chi connectivity index (χ1) is 13.4. The molecule has 2 rings (SSSR count). The van der Waals surface area contributed by atoms with Crippen LogP contribution < -0.4 is 4.74 Å². The van der Waals surface area contributed by atoms with Gasteiger partial charge < -0.3 is 14.2 Å². The number of aromatic nitrogens is 1. The van der Waals surface area contributed by atoms with E-state index in [9.17, 15) is 19.7 Å². The summed E-state index contributed by atoms with van der Waals surface area (Å²) in [5, 5.41) is 11.4. The highest BCUT2D eigenvalue weighted by Crippen LogP contribution is 2.31. The van der Waals surface area contributed by atoms with Gasteiger partial charge in [0.15, 0.2) is 0 Å². The third-order valence-corrected chi connectivity index (χ3v) is 4.56. The second kappa shape index (κ2) is 9.63. The Bertz CT molecular complexity index is 868. The average Bonchev–Trinajstić information content (AvgIpc) is 2.70. The first-order valence-electron chi connectivity index (χ1n) is 8.77. The van der Waals surface area contributed by atoms with Gasteiger partial charge in [-0.2, -0.15) is 0 Å². The van der Waals surface area contributed by atoms with Crippen LogP contribution in [0.4, 0.5) is 5.69 Å². The van der Waals surface area contributed by atoms with Crippen LogP contribution in [0.1, 0.15) is 26.7 Å². The van der Waals surface area contributed by atoms with E-state index in [1.165, 1.54) is 25.4 Å². The Hall–Kier alpha value is -3.23. The van der Waals surface area contributed by atoms with Gasteiger partial charge in [-0.3, -0.25) is 24.7 Å². The van der Waals surface area contributed by atoms with Crippen molar-refractivity contribution in [2.75, 3.05) is 13.9 Å². The van der Waals surface area contributed by atoms with Crippen molar-refractivity contribution in [3.63, 3.8) is 0 Å². The minimum atomic E-state index is -0.602. The highest BCUT2D eigenvalue weighted by molar-refractivity contribution is 5.92. The molecule has 1 aromatic carbocycles. The fourth-order valence-electron chi connectivity index (χ4n) is 2.76. The average molecular weight is 390 g/mol. The van der Waals surface area contributed by atoms with Gasteiger partial charge in [0.2, 0.25) is 6.79 Å². The molecule has 0 radical (unpaired) electrons. The zero-order valence-electron chi connectivity index (χ0n) is 15.9. The van der Waals surface area contributed by atoms with Gasteiger partial charge in [0, 0.05) is 12.3 Å². The second-order valence-corrected chi connectivity index (χ2v) is 6.24. The van der Waals surface area contributed by atoms with E-state index in [1.807, 2.05) is 13.8 Å². The van der Waals surface area contributed by atoms with Crippen LogP contribution >= 0.6 is 0 Å². The number of carbonyl (C=O) groups excluding carboxylic acids is 2. The number of methoxy groups -OCH3 is 1. The van der Waals surface area contributed by atoms with Gasteiger partial charge in [-0.05, 0) is 24.1 Å². The molecule has 2 aromatic rings. The van der Waals surface area contributed by atoms with Crippen LogP contribution in [0.5, 0.6) is 5.75 Å². The third-order valence-electron chi connectivity index (χ3n) is 4.56. The van der Waals surface area contributed by atoms with Crippen molar-refractivity contribution in [3.8, 4) is 5.75 Å². The number of fused-ring (bicyclic) bond motifs is 1. The van der Waals surface area contributed by atoms with E-state index in [2.05, 4.69) is 4.98 Å². The number of hydrogen-bond donors (Lipinski definition) is 0. The number of nitro groups is 1. The van der Waals surface area contributed by atoms with Crippen LogP contribution in [0, 0.1) is 22.0 Å². The van der Waals surface area contributed by atoms with E-state index in [-0.39, 0.29) is 23.8 Å². The number of esters is 2. The van der Waals surface area contributed by atoms with Gasteiger partial charge in [-0.15, -0.1) is 0 Å². The number of hydrogen-bond acceptors (Lipinski definition) is 8.